The summed E-state index contributed by atoms with van der Waals surface area (Å²) in [7, 11) is 1.53. The Bertz CT molecular complexity index is 403. The number of halogens is 1. The van der Waals surface area contributed by atoms with Crippen molar-refractivity contribution >= 4 is 29.3 Å². The molecule has 0 heterocycles. The Morgan fingerprint density at radius 1 is 1.53 bits per heavy atom. The molecule has 0 aromatic heterocycles. The Labute approximate surface area is 122 Å². The molecular weight excluding hydrogens is 286 g/mol. The van der Waals surface area contributed by atoms with Crippen molar-refractivity contribution in [3.63, 3.8) is 0 Å². The zero-order chi connectivity index (χ0) is 14.1. The second kappa shape index (κ2) is 9.20. The summed E-state index contributed by atoms with van der Waals surface area (Å²) in [5.74, 6) is 0.538. The van der Waals surface area contributed by atoms with Crippen molar-refractivity contribution in [2.45, 2.75) is 17.4 Å². The third-order valence-corrected chi connectivity index (χ3v) is 3.89. The number of methoxy groups -OCH3 is 1. The minimum absolute atomic E-state index is 0.101. The summed E-state index contributed by atoms with van der Waals surface area (Å²) in [6.07, 6.45) is 0.371. The summed E-state index contributed by atoms with van der Waals surface area (Å²) in [5, 5.41) is 12.4. The normalized spacial score (nSPS) is 12.2. The first kappa shape index (κ1) is 16.3. The predicted octanol–water partition coefficient (Wildman–Crippen LogP) is 1.95. The van der Waals surface area contributed by atoms with E-state index in [1.807, 2.05) is 24.3 Å². The number of carbonyl (C=O) groups excluding carboxylic acids is 1. The van der Waals surface area contributed by atoms with Crippen LogP contribution in [-0.2, 0) is 9.53 Å². The molecule has 1 amide bonds. The van der Waals surface area contributed by atoms with Crippen molar-refractivity contribution < 1.29 is 14.6 Å². The summed E-state index contributed by atoms with van der Waals surface area (Å²) in [6, 6.07) is 7.18. The van der Waals surface area contributed by atoms with Crippen LogP contribution in [0.4, 0.5) is 0 Å². The molecule has 0 aliphatic rings. The van der Waals surface area contributed by atoms with Crippen LogP contribution < -0.4 is 5.32 Å². The number of thioether (sulfide) groups is 1. The maximum atomic E-state index is 11.6. The van der Waals surface area contributed by atoms with Gasteiger partial charge in [0.05, 0.1) is 24.3 Å². The molecule has 0 radical (unpaired) electrons. The highest BCUT2D eigenvalue weighted by Crippen LogP contribution is 2.26. The zero-order valence-electron chi connectivity index (χ0n) is 10.8. The molecule has 1 aromatic rings. The Morgan fingerprint density at radius 2 is 2.26 bits per heavy atom. The molecule has 0 aliphatic heterocycles. The average molecular weight is 304 g/mol. The second-order valence-electron chi connectivity index (χ2n) is 3.93. The number of rotatable bonds is 8. The van der Waals surface area contributed by atoms with Crippen LogP contribution in [0, 0.1) is 0 Å². The van der Waals surface area contributed by atoms with Gasteiger partial charge in [-0.25, -0.2) is 0 Å². The van der Waals surface area contributed by atoms with Gasteiger partial charge in [0.1, 0.15) is 0 Å². The lowest BCUT2D eigenvalue weighted by molar-refractivity contribution is -0.122. The van der Waals surface area contributed by atoms with Gasteiger partial charge >= 0.3 is 0 Å². The molecule has 6 heteroatoms. The lowest BCUT2D eigenvalue weighted by Crippen LogP contribution is -2.40. The number of aliphatic hydroxyl groups is 1. The predicted molar refractivity (Wildman–Crippen MR) is 77.7 cm³/mol. The molecule has 1 rings (SSSR count). The van der Waals surface area contributed by atoms with Gasteiger partial charge in [0.2, 0.25) is 5.91 Å². The quantitative estimate of drug-likeness (QED) is 0.721. The molecule has 2 N–H and O–H groups in total. The molecular formula is C13H18ClNO3S. The number of benzene rings is 1. The number of amides is 1. The lowest BCUT2D eigenvalue weighted by atomic mass is 10.3. The van der Waals surface area contributed by atoms with E-state index >= 15 is 0 Å². The standard InChI is InChI=1S/C13H18ClNO3S/c1-18-9-10(8-16)15-13(17)6-7-19-12-5-3-2-4-11(12)14/h2-5,10,16H,6-9H2,1H3,(H,15,17). The molecule has 0 aliphatic carbocycles. The maximum Gasteiger partial charge on any atom is 0.221 e. The molecule has 1 atom stereocenters. The molecule has 0 spiro atoms. The lowest BCUT2D eigenvalue weighted by Gasteiger charge is -2.15. The first-order valence-electron chi connectivity index (χ1n) is 5.94. The Morgan fingerprint density at radius 3 is 2.89 bits per heavy atom. The fourth-order valence-electron chi connectivity index (χ4n) is 1.46. The van der Waals surface area contributed by atoms with Gasteiger partial charge in [0, 0.05) is 24.2 Å². The zero-order valence-corrected chi connectivity index (χ0v) is 12.3. The summed E-state index contributed by atoms with van der Waals surface area (Å²) >= 11 is 7.55. The van der Waals surface area contributed by atoms with Crippen molar-refractivity contribution in [2.75, 3.05) is 26.1 Å². The van der Waals surface area contributed by atoms with E-state index in [1.165, 1.54) is 18.9 Å². The first-order chi connectivity index (χ1) is 9.17. The van der Waals surface area contributed by atoms with Crippen LogP contribution >= 0.6 is 23.4 Å². The summed E-state index contributed by atoms with van der Waals surface area (Å²) in [5.41, 5.74) is 0. The largest absolute Gasteiger partial charge is 0.394 e. The highest BCUT2D eigenvalue weighted by Gasteiger charge is 2.11. The molecule has 4 nitrogen and oxygen atoms in total. The summed E-state index contributed by atoms with van der Waals surface area (Å²) < 4.78 is 4.89. The molecule has 1 aromatic carbocycles. The Balaban J connectivity index is 2.29. The Hall–Kier alpha value is -0.750. The van der Waals surface area contributed by atoms with E-state index in [4.69, 9.17) is 21.4 Å². The van der Waals surface area contributed by atoms with E-state index in [2.05, 4.69) is 5.32 Å². The minimum atomic E-state index is -0.345. The van der Waals surface area contributed by atoms with E-state index < -0.39 is 0 Å². The molecule has 0 saturated carbocycles. The highest BCUT2D eigenvalue weighted by molar-refractivity contribution is 7.99. The van der Waals surface area contributed by atoms with E-state index in [-0.39, 0.29) is 18.6 Å². The molecule has 19 heavy (non-hydrogen) atoms. The van der Waals surface area contributed by atoms with Gasteiger partial charge in [0.25, 0.3) is 0 Å². The van der Waals surface area contributed by atoms with E-state index in [1.54, 1.807) is 0 Å². The monoisotopic (exact) mass is 303 g/mol. The van der Waals surface area contributed by atoms with Crippen LogP contribution in [-0.4, -0.2) is 43.1 Å². The number of nitrogens with one attached hydrogen (secondary N) is 1. The third-order valence-electron chi connectivity index (χ3n) is 2.38. The molecule has 0 bridgehead atoms. The van der Waals surface area contributed by atoms with Gasteiger partial charge in [-0.1, -0.05) is 23.7 Å². The topological polar surface area (TPSA) is 58.6 Å². The smallest absolute Gasteiger partial charge is 0.221 e. The van der Waals surface area contributed by atoms with Gasteiger partial charge in [-0.05, 0) is 12.1 Å². The highest BCUT2D eigenvalue weighted by atomic mass is 35.5. The minimum Gasteiger partial charge on any atom is -0.394 e. The molecule has 1 unspecified atom stereocenters. The number of carbonyl (C=O) groups is 1. The van der Waals surface area contributed by atoms with Gasteiger partial charge < -0.3 is 15.2 Å². The van der Waals surface area contributed by atoms with Crippen LogP contribution in [0.15, 0.2) is 29.2 Å². The summed E-state index contributed by atoms with van der Waals surface area (Å²) in [6.45, 7) is 0.178. The van der Waals surface area contributed by atoms with Gasteiger partial charge in [0.15, 0.2) is 0 Å². The van der Waals surface area contributed by atoms with E-state index in [9.17, 15) is 4.79 Å². The van der Waals surface area contributed by atoms with Crippen molar-refractivity contribution in [3.05, 3.63) is 29.3 Å². The van der Waals surface area contributed by atoms with Crippen LogP contribution in [0.25, 0.3) is 0 Å². The van der Waals surface area contributed by atoms with Crippen molar-refractivity contribution in [1.82, 2.24) is 5.32 Å². The average Bonchev–Trinajstić information content (AvgIpc) is 2.40. The number of ether oxygens (including phenoxy) is 1. The van der Waals surface area contributed by atoms with E-state index in [0.717, 1.165) is 4.90 Å². The maximum absolute atomic E-state index is 11.6. The van der Waals surface area contributed by atoms with E-state index in [0.29, 0.717) is 23.8 Å². The summed E-state index contributed by atoms with van der Waals surface area (Å²) in [4.78, 5) is 12.6. The van der Waals surface area contributed by atoms with Crippen LogP contribution in [0.3, 0.4) is 0 Å². The van der Waals surface area contributed by atoms with Crippen LogP contribution in [0.5, 0.6) is 0 Å². The van der Waals surface area contributed by atoms with Crippen molar-refractivity contribution in [2.24, 2.45) is 0 Å². The third kappa shape index (κ3) is 6.29. The Kier molecular flexibility index (Phi) is 7.90. The number of hydrogen-bond acceptors (Lipinski definition) is 4. The first-order valence-corrected chi connectivity index (χ1v) is 7.30. The van der Waals surface area contributed by atoms with Gasteiger partial charge in [-0.3, -0.25) is 4.79 Å². The van der Waals surface area contributed by atoms with Crippen LogP contribution in [0.2, 0.25) is 5.02 Å². The molecule has 0 saturated heterocycles. The second-order valence-corrected chi connectivity index (χ2v) is 5.48. The fraction of sp³-hybridized carbons (Fsp3) is 0.462. The number of aliphatic hydroxyl groups excluding tert-OH is 1. The SMILES string of the molecule is COCC(CO)NC(=O)CCSc1ccccc1Cl. The van der Waals surface area contributed by atoms with Gasteiger partial charge in [-0.15, -0.1) is 11.8 Å². The van der Waals surface area contributed by atoms with Crippen LogP contribution in [0.1, 0.15) is 6.42 Å². The van der Waals surface area contributed by atoms with Gasteiger partial charge in [-0.2, -0.15) is 0 Å². The molecule has 0 fully saturated rings. The van der Waals surface area contributed by atoms with Crippen molar-refractivity contribution in [3.8, 4) is 0 Å². The van der Waals surface area contributed by atoms with Crippen molar-refractivity contribution in [1.29, 1.82) is 0 Å². The number of hydrogen-bond donors (Lipinski definition) is 2. The fourth-order valence-corrected chi connectivity index (χ4v) is 2.64. The molecule has 106 valence electrons.